The molecule has 112 valence electrons. The third kappa shape index (κ3) is 4.61. The number of nitrogens with one attached hydrogen (secondary N) is 2. The molecule has 2 aromatic rings. The molecule has 0 aliphatic carbocycles. The second-order valence-electron chi connectivity index (χ2n) is 4.96. The summed E-state index contributed by atoms with van der Waals surface area (Å²) in [6.45, 7) is 4.80. The zero-order valence-electron chi connectivity index (χ0n) is 12.2. The van der Waals surface area contributed by atoms with Gasteiger partial charge in [0.05, 0.1) is 18.8 Å². The van der Waals surface area contributed by atoms with Gasteiger partial charge in [0.15, 0.2) is 0 Å². The topological polar surface area (TPSA) is 79.2 Å². The van der Waals surface area contributed by atoms with E-state index in [1.54, 1.807) is 42.1 Å². The number of anilines is 1. The number of aromatic nitrogens is 2. The summed E-state index contributed by atoms with van der Waals surface area (Å²) in [4.78, 5) is 11.7. The van der Waals surface area contributed by atoms with Crippen molar-refractivity contribution in [3.05, 3.63) is 47.8 Å². The molecule has 0 aliphatic heterocycles. The van der Waals surface area contributed by atoms with Gasteiger partial charge < -0.3 is 15.7 Å². The molecule has 0 spiro atoms. The first kappa shape index (κ1) is 15.1. The Kier molecular flexibility index (Phi) is 4.94. The Hall–Kier alpha value is -2.34. The van der Waals surface area contributed by atoms with Crippen LogP contribution in [0.2, 0.25) is 0 Å². The van der Waals surface area contributed by atoms with Crippen molar-refractivity contribution in [3.63, 3.8) is 0 Å². The van der Waals surface area contributed by atoms with Crippen LogP contribution in [0, 0.1) is 6.92 Å². The smallest absolute Gasteiger partial charge is 0.319 e. The number of benzene rings is 1. The molecule has 1 aromatic heterocycles. The molecule has 2 rings (SSSR count). The first-order valence-electron chi connectivity index (χ1n) is 6.86. The van der Waals surface area contributed by atoms with Crippen LogP contribution in [0.3, 0.4) is 0 Å². The van der Waals surface area contributed by atoms with E-state index in [1.165, 1.54) is 0 Å². The molecule has 0 aliphatic rings. The Morgan fingerprint density at radius 3 is 2.67 bits per heavy atom. The van der Waals surface area contributed by atoms with Crippen LogP contribution in [0.15, 0.2) is 36.7 Å². The van der Waals surface area contributed by atoms with Gasteiger partial charge in [0, 0.05) is 18.4 Å². The lowest BCUT2D eigenvalue weighted by Crippen LogP contribution is -2.31. The summed E-state index contributed by atoms with van der Waals surface area (Å²) in [7, 11) is 0. The molecule has 3 N–H and O–H groups in total. The normalized spacial score (nSPS) is 12.0. The number of carbonyl (C=O) groups is 1. The molecule has 1 aromatic carbocycles. The quantitative estimate of drug-likeness (QED) is 0.788. The van der Waals surface area contributed by atoms with Crippen LogP contribution in [0.25, 0.3) is 0 Å². The first-order chi connectivity index (χ1) is 10.0. The SMILES string of the molecule is Cc1cnn(CCNC(=O)Nc2ccc(C(C)O)cc2)c1. The number of nitrogens with zero attached hydrogens (tertiary/aromatic N) is 2. The number of hydrogen-bond acceptors (Lipinski definition) is 3. The van der Waals surface area contributed by atoms with Crippen molar-refractivity contribution in [2.75, 3.05) is 11.9 Å². The highest BCUT2D eigenvalue weighted by molar-refractivity contribution is 5.89. The molecular formula is C15H20N4O2. The number of carbonyl (C=O) groups excluding carboxylic acids is 1. The lowest BCUT2D eigenvalue weighted by atomic mass is 10.1. The van der Waals surface area contributed by atoms with Crippen LogP contribution < -0.4 is 10.6 Å². The van der Waals surface area contributed by atoms with E-state index in [2.05, 4.69) is 15.7 Å². The van der Waals surface area contributed by atoms with E-state index >= 15 is 0 Å². The summed E-state index contributed by atoms with van der Waals surface area (Å²) in [6, 6.07) is 6.83. The van der Waals surface area contributed by atoms with Crippen LogP contribution >= 0.6 is 0 Å². The minimum atomic E-state index is -0.509. The molecule has 6 heteroatoms. The van der Waals surface area contributed by atoms with Gasteiger partial charge in [-0.25, -0.2) is 4.79 Å². The minimum Gasteiger partial charge on any atom is -0.389 e. The zero-order chi connectivity index (χ0) is 15.2. The van der Waals surface area contributed by atoms with Crippen LogP contribution in [-0.2, 0) is 6.54 Å². The van der Waals surface area contributed by atoms with Crippen molar-refractivity contribution in [3.8, 4) is 0 Å². The van der Waals surface area contributed by atoms with Crippen LogP contribution in [-0.4, -0.2) is 27.5 Å². The van der Waals surface area contributed by atoms with Gasteiger partial charge in [-0.05, 0) is 37.1 Å². The average Bonchev–Trinajstić information content (AvgIpc) is 2.85. The van der Waals surface area contributed by atoms with Crippen molar-refractivity contribution in [1.82, 2.24) is 15.1 Å². The molecule has 0 saturated heterocycles. The van der Waals surface area contributed by atoms with Gasteiger partial charge in [-0.2, -0.15) is 5.10 Å². The summed E-state index contributed by atoms with van der Waals surface area (Å²) in [6.07, 6.45) is 3.20. The molecule has 0 saturated carbocycles. The van der Waals surface area contributed by atoms with Crippen molar-refractivity contribution in [2.45, 2.75) is 26.5 Å². The maximum atomic E-state index is 11.7. The minimum absolute atomic E-state index is 0.260. The van der Waals surface area contributed by atoms with Gasteiger partial charge in [-0.15, -0.1) is 0 Å². The van der Waals surface area contributed by atoms with E-state index in [-0.39, 0.29) is 6.03 Å². The summed E-state index contributed by atoms with van der Waals surface area (Å²) < 4.78 is 1.78. The van der Waals surface area contributed by atoms with E-state index in [1.807, 2.05) is 13.1 Å². The van der Waals surface area contributed by atoms with Gasteiger partial charge in [-0.1, -0.05) is 12.1 Å². The highest BCUT2D eigenvalue weighted by Crippen LogP contribution is 2.15. The van der Waals surface area contributed by atoms with E-state index in [4.69, 9.17) is 0 Å². The monoisotopic (exact) mass is 288 g/mol. The van der Waals surface area contributed by atoms with Gasteiger partial charge in [-0.3, -0.25) is 4.68 Å². The molecule has 1 heterocycles. The number of aliphatic hydroxyl groups is 1. The molecule has 21 heavy (non-hydrogen) atoms. The van der Waals surface area contributed by atoms with Crippen LogP contribution in [0.4, 0.5) is 10.5 Å². The number of hydrogen-bond donors (Lipinski definition) is 3. The lowest BCUT2D eigenvalue weighted by Gasteiger charge is -2.09. The largest absolute Gasteiger partial charge is 0.389 e. The molecule has 1 unspecified atom stereocenters. The van der Waals surface area contributed by atoms with Crippen molar-refractivity contribution >= 4 is 11.7 Å². The maximum Gasteiger partial charge on any atom is 0.319 e. The van der Waals surface area contributed by atoms with Gasteiger partial charge in [0.2, 0.25) is 0 Å². The number of urea groups is 1. The molecular weight excluding hydrogens is 268 g/mol. The van der Waals surface area contributed by atoms with Crippen molar-refractivity contribution in [2.24, 2.45) is 0 Å². The number of rotatable bonds is 5. The third-order valence-corrected chi connectivity index (χ3v) is 3.04. The maximum absolute atomic E-state index is 11.7. The molecule has 0 fully saturated rings. The molecule has 1 atom stereocenters. The molecule has 2 amide bonds. The van der Waals surface area contributed by atoms with E-state index < -0.39 is 6.10 Å². The van der Waals surface area contributed by atoms with E-state index in [0.717, 1.165) is 11.1 Å². The molecule has 0 bridgehead atoms. The summed E-state index contributed by atoms with van der Waals surface area (Å²) in [5.74, 6) is 0. The highest BCUT2D eigenvalue weighted by Gasteiger charge is 2.03. The van der Waals surface area contributed by atoms with E-state index in [9.17, 15) is 9.90 Å². The van der Waals surface area contributed by atoms with Crippen molar-refractivity contribution in [1.29, 1.82) is 0 Å². The standard InChI is InChI=1S/C15H20N4O2/c1-11-9-17-19(10-11)8-7-16-15(21)18-14-5-3-13(4-6-14)12(2)20/h3-6,9-10,12,20H,7-8H2,1-2H3,(H2,16,18,21). The highest BCUT2D eigenvalue weighted by atomic mass is 16.3. The summed E-state index contributed by atoms with van der Waals surface area (Å²) in [5, 5.41) is 19.1. The predicted molar refractivity (Wildman–Crippen MR) is 81.1 cm³/mol. The van der Waals surface area contributed by atoms with Crippen LogP contribution in [0.1, 0.15) is 24.2 Å². The van der Waals surface area contributed by atoms with Crippen molar-refractivity contribution < 1.29 is 9.90 Å². The summed E-state index contributed by atoms with van der Waals surface area (Å²) >= 11 is 0. The Morgan fingerprint density at radius 2 is 2.10 bits per heavy atom. The Labute approximate surface area is 123 Å². The fraction of sp³-hybridized carbons (Fsp3) is 0.333. The third-order valence-electron chi connectivity index (χ3n) is 3.04. The number of amides is 2. The number of aryl methyl sites for hydroxylation is 1. The van der Waals surface area contributed by atoms with Gasteiger partial charge in [0.1, 0.15) is 0 Å². The summed E-state index contributed by atoms with van der Waals surface area (Å²) in [5.41, 5.74) is 2.60. The zero-order valence-corrected chi connectivity index (χ0v) is 12.2. The average molecular weight is 288 g/mol. The lowest BCUT2D eigenvalue weighted by molar-refractivity contribution is 0.199. The second kappa shape index (κ2) is 6.90. The second-order valence-corrected chi connectivity index (χ2v) is 4.96. The van der Waals surface area contributed by atoms with Gasteiger partial charge >= 0.3 is 6.03 Å². The first-order valence-corrected chi connectivity index (χ1v) is 6.86. The molecule has 6 nitrogen and oxygen atoms in total. The fourth-order valence-corrected chi connectivity index (χ4v) is 1.89. The van der Waals surface area contributed by atoms with Crippen LogP contribution in [0.5, 0.6) is 0 Å². The Bertz CT molecular complexity index is 590. The van der Waals surface area contributed by atoms with Gasteiger partial charge in [0.25, 0.3) is 0 Å². The van der Waals surface area contributed by atoms with E-state index in [0.29, 0.717) is 18.8 Å². The fourth-order valence-electron chi connectivity index (χ4n) is 1.89. The molecule has 0 radical (unpaired) electrons. The number of aliphatic hydroxyl groups excluding tert-OH is 1. The predicted octanol–water partition coefficient (Wildman–Crippen LogP) is 2.07. The Morgan fingerprint density at radius 1 is 1.38 bits per heavy atom. The Balaban J connectivity index is 1.76.